The molecule has 0 bridgehead atoms. The molecule has 0 saturated heterocycles. The molecule has 0 saturated carbocycles. The van der Waals surface area contributed by atoms with Crippen LogP contribution in [-0.4, -0.2) is 36.1 Å². The average molecular weight is 444 g/mol. The molecule has 0 aliphatic heterocycles. The lowest BCUT2D eigenvalue weighted by atomic mass is 9.68. The predicted octanol–water partition coefficient (Wildman–Crippen LogP) is 8.46. The molecular formula is C28H61NO2. The Hall–Kier alpha value is -0.570. The Labute approximate surface area is 198 Å². The molecule has 0 aromatic heterocycles. The molecule has 190 valence electrons. The van der Waals surface area contributed by atoms with Crippen LogP contribution in [0.15, 0.2) is 0 Å². The molecular weight excluding hydrogens is 382 g/mol. The van der Waals surface area contributed by atoms with Crippen LogP contribution in [0, 0.1) is 27.6 Å². The van der Waals surface area contributed by atoms with Crippen molar-refractivity contribution in [2.75, 3.05) is 14.1 Å². The second-order valence-electron chi connectivity index (χ2n) is 14.9. The van der Waals surface area contributed by atoms with Gasteiger partial charge in [0.2, 0.25) is 0 Å². The van der Waals surface area contributed by atoms with Gasteiger partial charge in [-0.1, -0.05) is 69.2 Å². The number of hydrogen-bond donors (Lipinski definition) is 0. The molecule has 0 fully saturated rings. The van der Waals surface area contributed by atoms with Crippen molar-refractivity contribution in [1.29, 1.82) is 0 Å². The monoisotopic (exact) mass is 443 g/mol. The van der Waals surface area contributed by atoms with E-state index in [1.165, 1.54) is 0 Å². The van der Waals surface area contributed by atoms with Gasteiger partial charge in [-0.2, -0.15) is 0 Å². The van der Waals surface area contributed by atoms with E-state index >= 15 is 0 Å². The Morgan fingerprint density at radius 1 is 0.645 bits per heavy atom. The summed E-state index contributed by atoms with van der Waals surface area (Å²) in [4.78, 5) is 13.9. The maximum Gasteiger partial charge on any atom is 0.311 e. The van der Waals surface area contributed by atoms with E-state index in [1.54, 1.807) is 0 Å². The van der Waals surface area contributed by atoms with Gasteiger partial charge < -0.3 is 9.64 Å². The van der Waals surface area contributed by atoms with Crippen LogP contribution < -0.4 is 0 Å². The van der Waals surface area contributed by atoms with E-state index in [4.69, 9.17) is 4.74 Å². The van der Waals surface area contributed by atoms with E-state index in [0.717, 1.165) is 5.92 Å². The number of esters is 1. The number of hydrogen-bond acceptors (Lipinski definition) is 3. The normalized spacial score (nSPS) is 13.9. The molecule has 0 atom stereocenters. The molecule has 0 aromatic carbocycles. The zero-order chi connectivity index (χ0) is 26.4. The molecule has 0 radical (unpaired) electrons. The molecule has 3 heteroatoms. The SMILES string of the molecule is CC(C(C)(C)C)C(C)(C)C.CC(C)(C)C(=O)OC(C)(C)C(C)(C)C.CN(C)C(C)(C)C. The predicted molar refractivity (Wildman–Crippen MR) is 141 cm³/mol. The largest absolute Gasteiger partial charge is 0.459 e. The Morgan fingerprint density at radius 2 is 0.903 bits per heavy atom. The molecule has 0 rings (SSSR count). The topological polar surface area (TPSA) is 29.5 Å². The molecule has 0 unspecified atom stereocenters. The number of ether oxygens (including phenoxy) is 1. The molecule has 0 amide bonds. The third-order valence-electron chi connectivity index (χ3n) is 6.71. The minimum atomic E-state index is -0.433. The van der Waals surface area contributed by atoms with Crippen molar-refractivity contribution in [3.8, 4) is 0 Å². The van der Waals surface area contributed by atoms with Crippen LogP contribution >= 0.6 is 0 Å². The lowest BCUT2D eigenvalue weighted by Crippen LogP contribution is -2.43. The molecule has 3 nitrogen and oxygen atoms in total. The van der Waals surface area contributed by atoms with Crippen molar-refractivity contribution in [2.45, 2.75) is 136 Å². The van der Waals surface area contributed by atoms with Gasteiger partial charge in [-0.3, -0.25) is 4.79 Å². The Morgan fingerprint density at radius 3 is 1.00 bits per heavy atom. The van der Waals surface area contributed by atoms with Crippen LogP contribution in [0.3, 0.4) is 0 Å². The summed E-state index contributed by atoms with van der Waals surface area (Å²) >= 11 is 0. The van der Waals surface area contributed by atoms with Crippen molar-refractivity contribution < 1.29 is 9.53 Å². The summed E-state index contributed by atoms with van der Waals surface area (Å²) in [6.45, 7) is 38.5. The minimum absolute atomic E-state index is 0.0477. The van der Waals surface area contributed by atoms with Gasteiger partial charge in [0.25, 0.3) is 0 Å². The van der Waals surface area contributed by atoms with Gasteiger partial charge in [0.05, 0.1) is 5.41 Å². The van der Waals surface area contributed by atoms with Gasteiger partial charge >= 0.3 is 5.97 Å². The summed E-state index contributed by atoms with van der Waals surface area (Å²) in [5, 5.41) is 0. The zero-order valence-corrected chi connectivity index (χ0v) is 25.3. The van der Waals surface area contributed by atoms with Gasteiger partial charge in [-0.15, -0.1) is 0 Å². The number of carbonyl (C=O) groups excluding carboxylic acids is 1. The Balaban J connectivity index is -0.000000404. The van der Waals surface area contributed by atoms with Gasteiger partial charge in [0.15, 0.2) is 0 Å². The third kappa shape index (κ3) is 15.8. The highest BCUT2D eigenvalue weighted by Gasteiger charge is 2.39. The van der Waals surface area contributed by atoms with Crippen molar-refractivity contribution in [2.24, 2.45) is 27.6 Å². The van der Waals surface area contributed by atoms with Crippen molar-refractivity contribution in [3.05, 3.63) is 0 Å². The molecule has 0 aromatic rings. The van der Waals surface area contributed by atoms with E-state index in [-0.39, 0.29) is 11.4 Å². The fourth-order valence-corrected chi connectivity index (χ4v) is 1.84. The summed E-state index contributed by atoms with van der Waals surface area (Å²) in [5.41, 5.74) is 0.310. The highest BCUT2D eigenvalue weighted by atomic mass is 16.6. The van der Waals surface area contributed by atoms with Crippen LogP contribution in [0.1, 0.15) is 125 Å². The summed E-state index contributed by atoms with van der Waals surface area (Å²) in [5.74, 6) is 0.623. The fourth-order valence-electron chi connectivity index (χ4n) is 1.84. The van der Waals surface area contributed by atoms with E-state index in [1.807, 2.05) is 34.6 Å². The molecule has 0 aliphatic rings. The second kappa shape index (κ2) is 11.5. The number of rotatable bonds is 1. The van der Waals surface area contributed by atoms with E-state index in [0.29, 0.717) is 16.4 Å². The Kier molecular flexibility index (Phi) is 13.0. The summed E-state index contributed by atoms with van der Waals surface area (Å²) in [6, 6.07) is 0. The summed E-state index contributed by atoms with van der Waals surface area (Å²) < 4.78 is 5.53. The summed E-state index contributed by atoms with van der Waals surface area (Å²) in [7, 11) is 4.17. The highest BCUT2D eigenvalue weighted by Crippen LogP contribution is 2.39. The van der Waals surface area contributed by atoms with Gasteiger partial charge in [0.1, 0.15) is 5.60 Å². The average Bonchev–Trinajstić information content (AvgIpc) is 2.42. The lowest BCUT2D eigenvalue weighted by Gasteiger charge is -2.39. The van der Waals surface area contributed by atoms with Gasteiger partial charge in [-0.05, 0) is 86.2 Å². The minimum Gasteiger partial charge on any atom is -0.459 e. The fraction of sp³-hybridized carbons (Fsp3) is 0.964. The maximum absolute atomic E-state index is 11.7. The molecule has 0 heterocycles. The van der Waals surface area contributed by atoms with Crippen molar-refractivity contribution >= 4 is 5.97 Å². The van der Waals surface area contributed by atoms with E-state index in [9.17, 15) is 4.79 Å². The Bertz CT molecular complexity index is 496. The maximum atomic E-state index is 11.7. The van der Waals surface area contributed by atoms with E-state index < -0.39 is 11.0 Å². The molecule has 0 spiro atoms. The third-order valence-corrected chi connectivity index (χ3v) is 6.71. The van der Waals surface area contributed by atoms with Gasteiger partial charge in [-0.25, -0.2) is 0 Å². The zero-order valence-electron chi connectivity index (χ0n) is 25.3. The van der Waals surface area contributed by atoms with Crippen molar-refractivity contribution in [3.63, 3.8) is 0 Å². The standard InChI is InChI=1S/C12H24O2.C10H22.C6H15N/c1-10(2,3)9(13)14-12(7,8)11(4,5)6;1-8(9(2,3)4)10(5,6)7;1-6(2,3)7(4)5/h1-8H3;8H,1-7H3;1-5H3. The lowest BCUT2D eigenvalue weighted by molar-refractivity contribution is -0.176. The first-order chi connectivity index (χ1) is 13.0. The molecule has 31 heavy (non-hydrogen) atoms. The van der Waals surface area contributed by atoms with Crippen molar-refractivity contribution in [1.82, 2.24) is 4.90 Å². The van der Waals surface area contributed by atoms with E-state index in [2.05, 4.69) is 109 Å². The highest BCUT2D eigenvalue weighted by molar-refractivity contribution is 5.75. The van der Waals surface area contributed by atoms with Crippen LogP contribution in [0.4, 0.5) is 0 Å². The number of carbonyl (C=O) groups is 1. The molecule has 0 aliphatic carbocycles. The van der Waals surface area contributed by atoms with Crippen LogP contribution in [0.2, 0.25) is 0 Å². The van der Waals surface area contributed by atoms with Crippen LogP contribution in [-0.2, 0) is 9.53 Å². The van der Waals surface area contributed by atoms with Crippen LogP contribution in [0.5, 0.6) is 0 Å². The van der Waals surface area contributed by atoms with Gasteiger partial charge in [0, 0.05) is 11.0 Å². The smallest absolute Gasteiger partial charge is 0.311 e. The quantitative estimate of drug-likeness (QED) is 0.381. The second-order valence-corrected chi connectivity index (χ2v) is 14.9. The van der Waals surface area contributed by atoms with Crippen LogP contribution in [0.25, 0.3) is 0 Å². The first-order valence-corrected chi connectivity index (χ1v) is 11.9. The summed E-state index contributed by atoms with van der Waals surface area (Å²) in [6.07, 6.45) is 0. The number of nitrogens with zero attached hydrogens (tertiary/aromatic N) is 1. The first kappa shape index (κ1) is 35.0. The first-order valence-electron chi connectivity index (χ1n) is 11.9. The molecule has 0 N–H and O–H groups in total.